The molecule has 22 heavy (non-hydrogen) atoms. The van der Waals surface area contributed by atoms with Crippen molar-refractivity contribution in [1.29, 1.82) is 0 Å². The molecule has 9 heteroatoms. The predicted molar refractivity (Wildman–Crippen MR) is 78.0 cm³/mol. The first-order valence-electron chi connectivity index (χ1n) is 7.15. The van der Waals surface area contributed by atoms with Crippen LogP contribution in [0, 0.1) is 6.92 Å². The number of ether oxygens (including phenoxy) is 1. The maximum Gasteiger partial charge on any atom is 0.305 e. The van der Waals surface area contributed by atoms with Crippen LogP contribution in [0.2, 0.25) is 0 Å². The van der Waals surface area contributed by atoms with Crippen molar-refractivity contribution < 1.29 is 23.1 Å². The van der Waals surface area contributed by atoms with Gasteiger partial charge in [-0.1, -0.05) is 0 Å². The largest absolute Gasteiger partial charge is 0.481 e. The van der Waals surface area contributed by atoms with Crippen LogP contribution in [0.3, 0.4) is 0 Å². The van der Waals surface area contributed by atoms with Crippen molar-refractivity contribution in [2.75, 3.05) is 13.2 Å². The molecule has 0 spiro atoms. The number of hydrogen-bond acceptors (Lipinski definition) is 5. The van der Waals surface area contributed by atoms with E-state index in [2.05, 4.69) is 9.71 Å². The van der Waals surface area contributed by atoms with E-state index in [1.807, 2.05) is 6.92 Å². The number of aliphatic carboxylic acids is 1. The molecular formula is C13H21N3O5S. The summed E-state index contributed by atoms with van der Waals surface area (Å²) in [6.07, 6.45) is 1.84. The van der Waals surface area contributed by atoms with E-state index < -0.39 is 21.5 Å². The van der Waals surface area contributed by atoms with Gasteiger partial charge in [-0.2, -0.15) is 0 Å². The standard InChI is InChI=1S/C13H21N3O5S/c1-3-16-9-11(14-10(16)2)22(19,20)15-13(8-12(17)18)4-6-21-7-5-13/h9,15H,3-8H2,1-2H3,(H,17,18). The van der Waals surface area contributed by atoms with Crippen molar-refractivity contribution in [1.82, 2.24) is 14.3 Å². The minimum Gasteiger partial charge on any atom is -0.481 e. The van der Waals surface area contributed by atoms with Gasteiger partial charge in [-0.3, -0.25) is 4.79 Å². The first-order valence-corrected chi connectivity index (χ1v) is 8.64. The number of nitrogens with one attached hydrogen (secondary N) is 1. The van der Waals surface area contributed by atoms with Crippen LogP contribution >= 0.6 is 0 Å². The third kappa shape index (κ3) is 3.65. The minimum absolute atomic E-state index is 0.0805. The van der Waals surface area contributed by atoms with E-state index in [9.17, 15) is 13.2 Å². The van der Waals surface area contributed by atoms with Crippen LogP contribution in [0.15, 0.2) is 11.2 Å². The number of rotatable bonds is 6. The molecule has 0 aliphatic carbocycles. The number of carbonyl (C=O) groups is 1. The van der Waals surface area contributed by atoms with Gasteiger partial charge in [0.2, 0.25) is 0 Å². The normalized spacial score (nSPS) is 18.3. The van der Waals surface area contributed by atoms with E-state index in [0.717, 1.165) is 0 Å². The second-order valence-electron chi connectivity index (χ2n) is 5.48. The Hall–Kier alpha value is -1.45. The summed E-state index contributed by atoms with van der Waals surface area (Å²) in [4.78, 5) is 15.2. The van der Waals surface area contributed by atoms with Crippen molar-refractivity contribution in [2.45, 2.75) is 50.2 Å². The molecule has 1 aliphatic heterocycles. The Morgan fingerprint density at radius 3 is 2.64 bits per heavy atom. The molecule has 1 fully saturated rings. The number of hydrogen-bond donors (Lipinski definition) is 2. The molecule has 0 saturated carbocycles. The van der Waals surface area contributed by atoms with E-state index >= 15 is 0 Å². The van der Waals surface area contributed by atoms with Gasteiger partial charge in [-0.15, -0.1) is 0 Å². The molecule has 1 aliphatic rings. The molecule has 1 aromatic heterocycles. The molecular weight excluding hydrogens is 310 g/mol. The van der Waals surface area contributed by atoms with Gasteiger partial charge >= 0.3 is 5.97 Å². The fourth-order valence-electron chi connectivity index (χ4n) is 2.63. The van der Waals surface area contributed by atoms with Crippen molar-refractivity contribution in [2.24, 2.45) is 0 Å². The van der Waals surface area contributed by atoms with Crippen LogP contribution in [-0.4, -0.2) is 47.8 Å². The van der Waals surface area contributed by atoms with E-state index in [0.29, 0.717) is 38.4 Å². The van der Waals surface area contributed by atoms with Gasteiger partial charge in [0.25, 0.3) is 10.0 Å². The first-order chi connectivity index (χ1) is 10.3. The smallest absolute Gasteiger partial charge is 0.305 e. The lowest BCUT2D eigenvalue weighted by Crippen LogP contribution is -2.53. The molecule has 0 radical (unpaired) electrons. The Bertz CT molecular complexity index is 647. The van der Waals surface area contributed by atoms with E-state index in [4.69, 9.17) is 9.84 Å². The summed E-state index contributed by atoms with van der Waals surface area (Å²) in [6.45, 7) is 4.89. The summed E-state index contributed by atoms with van der Waals surface area (Å²) < 4.78 is 34.6. The Morgan fingerprint density at radius 2 is 2.14 bits per heavy atom. The number of aryl methyl sites for hydroxylation is 2. The summed E-state index contributed by atoms with van der Waals surface area (Å²) >= 11 is 0. The molecule has 0 aromatic carbocycles. The summed E-state index contributed by atoms with van der Waals surface area (Å²) in [6, 6.07) is 0. The highest BCUT2D eigenvalue weighted by Gasteiger charge is 2.39. The molecule has 2 N–H and O–H groups in total. The zero-order valence-electron chi connectivity index (χ0n) is 12.7. The van der Waals surface area contributed by atoms with Gasteiger partial charge < -0.3 is 14.4 Å². The Balaban J connectivity index is 2.28. The van der Waals surface area contributed by atoms with Crippen LogP contribution in [0.1, 0.15) is 32.0 Å². The molecule has 0 bridgehead atoms. The van der Waals surface area contributed by atoms with Crippen molar-refractivity contribution in [3.8, 4) is 0 Å². The highest BCUT2D eigenvalue weighted by atomic mass is 32.2. The molecule has 124 valence electrons. The zero-order valence-corrected chi connectivity index (χ0v) is 13.5. The summed E-state index contributed by atoms with van der Waals surface area (Å²) in [7, 11) is -3.88. The average molecular weight is 331 g/mol. The molecule has 0 amide bonds. The number of nitrogens with zero attached hydrogens (tertiary/aromatic N) is 2. The molecule has 2 heterocycles. The second kappa shape index (κ2) is 6.35. The maximum absolute atomic E-state index is 12.5. The molecule has 0 atom stereocenters. The second-order valence-corrected chi connectivity index (χ2v) is 7.11. The monoisotopic (exact) mass is 331 g/mol. The average Bonchev–Trinajstić information content (AvgIpc) is 2.80. The third-order valence-electron chi connectivity index (χ3n) is 3.86. The quantitative estimate of drug-likeness (QED) is 0.786. The summed E-state index contributed by atoms with van der Waals surface area (Å²) in [5, 5.41) is 9.01. The van der Waals surface area contributed by atoms with Crippen LogP contribution in [0.25, 0.3) is 0 Å². The zero-order chi connectivity index (χ0) is 16.4. The molecule has 2 rings (SSSR count). The predicted octanol–water partition coefficient (Wildman–Crippen LogP) is 0.514. The Kier molecular flexibility index (Phi) is 4.88. The lowest BCUT2D eigenvalue weighted by molar-refractivity contribution is -0.139. The Morgan fingerprint density at radius 1 is 1.50 bits per heavy atom. The van der Waals surface area contributed by atoms with Crippen LogP contribution in [0.5, 0.6) is 0 Å². The van der Waals surface area contributed by atoms with Gasteiger partial charge in [-0.05, 0) is 26.7 Å². The Labute approximate surface area is 129 Å². The van der Waals surface area contributed by atoms with Crippen LogP contribution < -0.4 is 4.72 Å². The van der Waals surface area contributed by atoms with Crippen molar-refractivity contribution in [3.63, 3.8) is 0 Å². The molecule has 1 aromatic rings. The topological polar surface area (TPSA) is 111 Å². The number of carboxylic acid groups (broad SMARTS) is 1. The first kappa shape index (κ1) is 16.9. The van der Waals surface area contributed by atoms with Gasteiger partial charge in [0.15, 0.2) is 5.03 Å². The fourth-order valence-corrected chi connectivity index (χ4v) is 4.10. The van der Waals surface area contributed by atoms with Gasteiger partial charge in [0, 0.05) is 31.5 Å². The van der Waals surface area contributed by atoms with Gasteiger partial charge in [0.05, 0.1) is 6.42 Å². The number of imidazole rings is 1. The molecule has 8 nitrogen and oxygen atoms in total. The van der Waals surface area contributed by atoms with E-state index in [-0.39, 0.29) is 11.4 Å². The fraction of sp³-hybridized carbons (Fsp3) is 0.692. The van der Waals surface area contributed by atoms with Crippen molar-refractivity contribution in [3.05, 3.63) is 12.0 Å². The number of carboxylic acids is 1. The highest BCUT2D eigenvalue weighted by Crippen LogP contribution is 2.27. The van der Waals surface area contributed by atoms with Gasteiger partial charge in [-0.25, -0.2) is 18.1 Å². The highest BCUT2D eigenvalue weighted by molar-refractivity contribution is 7.89. The van der Waals surface area contributed by atoms with Crippen LogP contribution in [0.4, 0.5) is 0 Å². The van der Waals surface area contributed by atoms with Crippen LogP contribution in [-0.2, 0) is 26.1 Å². The number of sulfonamides is 1. The van der Waals surface area contributed by atoms with E-state index in [1.54, 1.807) is 11.5 Å². The maximum atomic E-state index is 12.5. The van der Waals surface area contributed by atoms with E-state index in [1.165, 1.54) is 6.20 Å². The SMILES string of the molecule is CCn1cc(S(=O)(=O)NC2(CC(=O)O)CCOCC2)nc1C. The lowest BCUT2D eigenvalue weighted by Gasteiger charge is -2.36. The third-order valence-corrected chi connectivity index (χ3v) is 5.31. The summed E-state index contributed by atoms with van der Waals surface area (Å²) in [5.41, 5.74) is -1.02. The lowest BCUT2D eigenvalue weighted by atomic mass is 9.88. The minimum atomic E-state index is -3.88. The number of aromatic nitrogens is 2. The summed E-state index contributed by atoms with van der Waals surface area (Å²) in [5.74, 6) is -0.443. The molecule has 0 unspecified atom stereocenters. The van der Waals surface area contributed by atoms with Crippen molar-refractivity contribution >= 4 is 16.0 Å². The van der Waals surface area contributed by atoms with Gasteiger partial charge in [0.1, 0.15) is 5.82 Å². The molecule has 1 saturated heterocycles.